The van der Waals surface area contributed by atoms with Crippen molar-refractivity contribution < 1.29 is 0 Å². The average Bonchev–Trinajstić information content (AvgIpc) is 3.12. The van der Waals surface area contributed by atoms with Gasteiger partial charge in [0.15, 0.2) is 0 Å². The smallest absolute Gasteiger partial charge is 0.0613 e. The van der Waals surface area contributed by atoms with E-state index >= 15 is 0 Å². The Labute approximate surface area is 327 Å². The van der Waals surface area contributed by atoms with Crippen molar-refractivity contribution in [3.63, 3.8) is 0 Å². The average molecular weight is 710 g/mol. The monoisotopic (exact) mass is 709 g/mol. The lowest BCUT2D eigenvalue weighted by Crippen LogP contribution is -2.13. The van der Waals surface area contributed by atoms with Gasteiger partial charge in [0, 0.05) is 11.5 Å². The van der Waals surface area contributed by atoms with E-state index in [2.05, 4.69) is 229 Å². The lowest BCUT2D eigenvalue weighted by Gasteiger charge is -2.24. The Hall–Kier alpha value is -4.81. The van der Waals surface area contributed by atoms with E-state index in [1.165, 1.54) is 72.7 Å². The normalized spacial score (nSPS) is 12.6. The number of hydrogen-bond donors (Lipinski definition) is 0. The molecule has 6 aromatic rings. The molecule has 54 heavy (non-hydrogen) atoms. The van der Waals surface area contributed by atoms with E-state index in [0.29, 0.717) is 0 Å². The van der Waals surface area contributed by atoms with E-state index in [1.807, 2.05) is 0 Å². The molecule has 0 saturated heterocycles. The van der Waals surface area contributed by atoms with Crippen LogP contribution in [0.15, 0.2) is 146 Å². The molecule has 0 nitrogen and oxygen atoms in total. The Morgan fingerprint density at radius 1 is 0.315 bits per heavy atom. The third kappa shape index (κ3) is 8.76. The van der Waals surface area contributed by atoms with Crippen LogP contribution in [0.3, 0.4) is 0 Å². The van der Waals surface area contributed by atoms with Crippen LogP contribution in [0, 0.1) is 5.92 Å². The Morgan fingerprint density at radius 2 is 0.648 bits per heavy atom. The van der Waals surface area contributed by atoms with Crippen LogP contribution in [0.2, 0.25) is 0 Å². The van der Waals surface area contributed by atoms with E-state index < -0.39 is 0 Å². The maximum absolute atomic E-state index is 2.41. The summed E-state index contributed by atoms with van der Waals surface area (Å²) in [6.45, 7) is 27.4. The van der Waals surface area contributed by atoms with Gasteiger partial charge in [-0.15, -0.1) is 0 Å². The molecule has 0 aliphatic heterocycles. The number of hydrogen-bond acceptors (Lipinski definition) is 0. The fourth-order valence-corrected chi connectivity index (χ4v) is 7.45. The van der Waals surface area contributed by atoms with Crippen LogP contribution >= 0.6 is 0 Å². The minimum absolute atomic E-state index is 0.0963. The van der Waals surface area contributed by atoms with Gasteiger partial charge in [-0.25, -0.2) is 0 Å². The van der Waals surface area contributed by atoms with Gasteiger partial charge in [0.1, 0.15) is 0 Å². The summed E-state index contributed by atoms with van der Waals surface area (Å²) in [5.74, 6) is 1.37. The first kappa shape index (κ1) is 38.9. The van der Waals surface area contributed by atoms with E-state index in [9.17, 15) is 0 Å². The largest absolute Gasteiger partial charge is 0.0632 e. The van der Waals surface area contributed by atoms with Gasteiger partial charge in [0.2, 0.25) is 0 Å². The highest BCUT2D eigenvalue weighted by Crippen LogP contribution is 2.39. The second kappa shape index (κ2) is 14.8. The summed E-state index contributed by atoms with van der Waals surface area (Å²) >= 11 is 0. The fourth-order valence-electron chi connectivity index (χ4n) is 7.45. The highest BCUT2D eigenvalue weighted by molar-refractivity contribution is 5.69. The van der Waals surface area contributed by atoms with Crippen LogP contribution in [-0.4, -0.2) is 0 Å². The molecule has 0 saturated carbocycles. The topological polar surface area (TPSA) is 0 Å². The first-order chi connectivity index (χ1) is 25.3. The van der Waals surface area contributed by atoms with Crippen LogP contribution < -0.4 is 0 Å². The van der Waals surface area contributed by atoms with Gasteiger partial charge in [-0.05, 0) is 145 Å². The second-order valence-electron chi connectivity index (χ2n) is 19.4. The van der Waals surface area contributed by atoms with Gasteiger partial charge in [0.05, 0.1) is 22.6 Å². The third-order valence-electron chi connectivity index (χ3n) is 11.0. The van der Waals surface area contributed by atoms with Gasteiger partial charge >= 0.3 is 0 Å². The molecule has 0 aromatic heterocycles. The lowest BCUT2D eigenvalue weighted by molar-refractivity contribution is 0.589. The molecule has 0 atom stereocenters. The molecule has 0 aliphatic rings. The second-order valence-corrected chi connectivity index (χ2v) is 19.4. The van der Waals surface area contributed by atoms with Crippen molar-refractivity contribution in [1.29, 1.82) is 0 Å². The van der Waals surface area contributed by atoms with Crippen molar-refractivity contribution in [2.45, 2.75) is 111 Å². The zero-order valence-electron chi connectivity index (χ0n) is 34.9. The van der Waals surface area contributed by atoms with Crippen LogP contribution in [0.1, 0.15) is 145 Å². The van der Waals surface area contributed by atoms with Gasteiger partial charge < -0.3 is 0 Å². The Morgan fingerprint density at radius 3 is 1.02 bits per heavy atom. The van der Waals surface area contributed by atoms with Gasteiger partial charge in [-0.3, -0.25) is 0 Å². The molecule has 6 rings (SSSR count). The Balaban J connectivity index is 1.44. The molecule has 276 valence electrons. The van der Waals surface area contributed by atoms with Crippen molar-refractivity contribution in [3.05, 3.63) is 207 Å². The summed E-state index contributed by atoms with van der Waals surface area (Å²) in [5, 5.41) is 0. The molecule has 0 radical (unpaired) electrons. The molecule has 6 aromatic carbocycles. The maximum atomic E-state index is 2.41. The van der Waals surface area contributed by atoms with Crippen LogP contribution in [0.25, 0.3) is 11.1 Å². The molecule has 0 amide bonds. The molecule has 0 spiro atoms. The predicted octanol–water partition coefficient (Wildman–Crippen LogP) is 14.7. The first-order valence-corrected chi connectivity index (χ1v) is 19.8. The predicted molar refractivity (Wildman–Crippen MR) is 234 cm³/mol. The SMILES string of the molecule is CC(C)(C)c1ccc([C+](c2ccc(C(C)(C)C)cc2)c2cccc(-c3cccc(C(c4ccc(C(C)(C)C)cc4)c4ccc(C(C)(C)C)cc4)c3)c2)cc1. The van der Waals surface area contributed by atoms with Gasteiger partial charge in [0.25, 0.3) is 0 Å². The summed E-state index contributed by atoms with van der Waals surface area (Å²) in [5.41, 5.74) is 15.8. The van der Waals surface area contributed by atoms with E-state index in [1.54, 1.807) is 0 Å². The highest BCUT2D eigenvalue weighted by atomic mass is 14.3. The fraction of sp³-hybridized carbons (Fsp3) is 0.315. The minimum atomic E-state index is 0.0963. The molecule has 0 fully saturated rings. The summed E-state index contributed by atoms with van der Waals surface area (Å²) in [6.07, 6.45) is 0. The van der Waals surface area contributed by atoms with Crippen molar-refractivity contribution >= 4 is 0 Å². The molecule has 0 aliphatic carbocycles. The van der Waals surface area contributed by atoms with Crippen LogP contribution in [0.4, 0.5) is 0 Å². The first-order valence-electron chi connectivity index (χ1n) is 19.8. The van der Waals surface area contributed by atoms with Crippen molar-refractivity contribution in [2.24, 2.45) is 0 Å². The molecule has 0 unspecified atom stereocenters. The van der Waals surface area contributed by atoms with Crippen molar-refractivity contribution in [2.75, 3.05) is 0 Å². The maximum Gasteiger partial charge on any atom is 0.0632 e. The molecule has 0 heteroatoms. The summed E-state index contributed by atoms with van der Waals surface area (Å²) in [6, 6.07) is 55.4. The summed E-state index contributed by atoms with van der Waals surface area (Å²) < 4.78 is 0. The summed E-state index contributed by atoms with van der Waals surface area (Å²) in [4.78, 5) is 0. The summed E-state index contributed by atoms with van der Waals surface area (Å²) in [7, 11) is 0. The molecule has 0 heterocycles. The lowest BCUT2D eigenvalue weighted by atomic mass is 9.79. The van der Waals surface area contributed by atoms with Crippen molar-refractivity contribution in [3.8, 4) is 11.1 Å². The van der Waals surface area contributed by atoms with E-state index in [0.717, 1.165) is 0 Å². The van der Waals surface area contributed by atoms with Crippen LogP contribution in [0.5, 0.6) is 0 Å². The molecule has 0 bridgehead atoms. The molecule has 0 N–H and O–H groups in total. The molecular formula is C54H61+. The quantitative estimate of drug-likeness (QED) is 0.114. The van der Waals surface area contributed by atoms with E-state index in [4.69, 9.17) is 0 Å². The van der Waals surface area contributed by atoms with Gasteiger partial charge in [-0.2, -0.15) is 0 Å². The third-order valence-corrected chi connectivity index (χ3v) is 11.0. The highest BCUT2D eigenvalue weighted by Gasteiger charge is 2.26. The Bertz CT molecular complexity index is 1870. The zero-order chi connectivity index (χ0) is 39.1. The minimum Gasteiger partial charge on any atom is -0.0613 e. The van der Waals surface area contributed by atoms with Crippen LogP contribution in [-0.2, 0) is 21.7 Å². The van der Waals surface area contributed by atoms with Crippen molar-refractivity contribution in [1.82, 2.24) is 0 Å². The zero-order valence-corrected chi connectivity index (χ0v) is 34.9. The standard InChI is InChI=1S/C54H61/c1-51(2,3)45-27-19-37(20-28-45)49(38-21-29-46(30-22-38)52(4,5)6)43-17-13-15-41(35-43)42-16-14-18-44(36-42)50(39-23-31-47(32-24-39)53(7,8)9)40-25-33-48(34-26-40)54(10,11)12/h13-36,49H,1-12H3/q+1. The Kier molecular flexibility index (Phi) is 10.7. The number of rotatable bonds is 7. The number of benzene rings is 6. The molecular weight excluding hydrogens is 649 g/mol. The van der Waals surface area contributed by atoms with Gasteiger partial charge in [-0.1, -0.05) is 150 Å². The van der Waals surface area contributed by atoms with E-state index in [-0.39, 0.29) is 27.6 Å².